The fourth-order valence-electron chi connectivity index (χ4n) is 3.85. The monoisotopic (exact) mass is 428 g/mol. The Morgan fingerprint density at radius 3 is 2.87 bits per heavy atom. The number of benzene rings is 1. The summed E-state index contributed by atoms with van der Waals surface area (Å²) in [6.45, 7) is 4.27. The van der Waals surface area contributed by atoms with Gasteiger partial charge in [0.05, 0.1) is 18.0 Å². The van der Waals surface area contributed by atoms with Crippen LogP contribution in [0.4, 0.5) is 10.3 Å². The normalized spacial score (nSPS) is 16.7. The van der Waals surface area contributed by atoms with E-state index in [0.717, 1.165) is 31.4 Å². The van der Waals surface area contributed by atoms with Crippen molar-refractivity contribution in [2.45, 2.75) is 32.7 Å². The van der Waals surface area contributed by atoms with E-state index in [0.29, 0.717) is 35.8 Å². The molecular weight excluding hydrogens is 403 g/mol. The minimum atomic E-state index is -0.310. The number of fused-ring (bicyclic) bond motifs is 1. The van der Waals surface area contributed by atoms with Crippen molar-refractivity contribution in [3.63, 3.8) is 0 Å². The predicted octanol–water partition coefficient (Wildman–Crippen LogP) is 3.39. The van der Waals surface area contributed by atoms with Crippen LogP contribution >= 0.6 is 11.3 Å². The highest BCUT2D eigenvalue weighted by Gasteiger charge is 2.28. The summed E-state index contributed by atoms with van der Waals surface area (Å²) in [6.07, 6.45) is 2.59. The predicted molar refractivity (Wildman–Crippen MR) is 118 cm³/mol. The van der Waals surface area contributed by atoms with E-state index in [2.05, 4.69) is 5.32 Å². The molecule has 1 aromatic carbocycles. The highest BCUT2D eigenvalue weighted by molar-refractivity contribution is 7.17. The molecule has 30 heavy (non-hydrogen) atoms. The number of carbonyl (C=O) groups is 1. The van der Waals surface area contributed by atoms with Gasteiger partial charge in [-0.2, -0.15) is 0 Å². The van der Waals surface area contributed by atoms with Gasteiger partial charge in [0.2, 0.25) is 11.9 Å². The lowest BCUT2D eigenvalue weighted by Gasteiger charge is -2.34. The number of nitrogens with zero attached hydrogens (tertiary/aromatic N) is 3. The van der Waals surface area contributed by atoms with Gasteiger partial charge in [0.15, 0.2) is 0 Å². The molecule has 4 rings (SSSR count). The molecule has 1 fully saturated rings. The van der Waals surface area contributed by atoms with Crippen LogP contribution in [0.15, 0.2) is 40.5 Å². The van der Waals surface area contributed by atoms with Gasteiger partial charge in [-0.25, -0.2) is 9.37 Å². The van der Waals surface area contributed by atoms with Crippen molar-refractivity contribution in [3.8, 4) is 0 Å². The number of nitrogens with one attached hydrogen (secondary N) is 1. The molecule has 1 saturated heterocycles. The number of carbonyl (C=O) groups excluding carboxylic acids is 1. The zero-order valence-corrected chi connectivity index (χ0v) is 17.8. The van der Waals surface area contributed by atoms with E-state index >= 15 is 0 Å². The maximum Gasteiger partial charge on any atom is 0.273 e. The van der Waals surface area contributed by atoms with Crippen LogP contribution in [-0.2, 0) is 11.3 Å². The van der Waals surface area contributed by atoms with E-state index in [-0.39, 0.29) is 23.2 Å². The molecule has 1 N–H and O–H groups in total. The van der Waals surface area contributed by atoms with Gasteiger partial charge in [-0.05, 0) is 48.4 Å². The van der Waals surface area contributed by atoms with Crippen molar-refractivity contribution in [2.24, 2.45) is 5.92 Å². The van der Waals surface area contributed by atoms with Gasteiger partial charge in [0.1, 0.15) is 10.5 Å². The van der Waals surface area contributed by atoms with Crippen LogP contribution in [0.3, 0.4) is 0 Å². The number of piperidine rings is 1. The minimum Gasteiger partial charge on any atom is -0.356 e. The number of hydrogen-bond donors (Lipinski definition) is 1. The fraction of sp³-hybridized carbons (Fsp3) is 0.409. The number of hydrogen-bond acceptors (Lipinski definition) is 5. The zero-order valence-electron chi connectivity index (χ0n) is 16.9. The van der Waals surface area contributed by atoms with Crippen LogP contribution < -0.4 is 15.8 Å². The first-order chi connectivity index (χ1) is 14.6. The molecule has 158 valence electrons. The number of rotatable bonds is 6. The number of thiophene rings is 1. The second-order valence-corrected chi connectivity index (χ2v) is 8.56. The molecule has 0 unspecified atom stereocenters. The molecule has 1 atom stereocenters. The number of aromatic nitrogens is 2. The van der Waals surface area contributed by atoms with E-state index < -0.39 is 0 Å². The van der Waals surface area contributed by atoms with Crippen LogP contribution in [-0.4, -0.2) is 35.1 Å². The van der Waals surface area contributed by atoms with Crippen molar-refractivity contribution in [1.29, 1.82) is 0 Å². The molecule has 0 bridgehead atoms. The second kappa shape index (κ2) is 8.95. The van der Waals surface area contributed by atoms with Crippen LogP contribution in [0, 0.1) is 11.7 Å². The summed E-state index contributed by atoms with van der Waals surface area (Å²) in [7, 11) is 0. The molecule has 1 aliphatic rings. The Labute approximate surface area is 178 Å². The molecule has 1 amide bonds. The highest BCUT2D eigenvalue weighted by Crippen LogP contribution is 2.25. The highest BCUT2D eigenvalue weighted by atomic mass is 32.1. The number of amides is 1. The Balaban J connectivity index is 1.69. The summed E-state index contributed by atoms with van der Waals surface area (Å²) in [5, 5.41) is 4.85. The lowest BCUT2D eigenvalue weighted by Crippen LogP contribution is -2.45. The smallest absolute Gasteiger partial charge is 0.273 e. The van der Waals surface area contributed by atoms with Gasteiger partial charge in [-0.1, -0.05) is 19.1 Å². The van der Waals surface area contributed by atoms with E-state index in [1.165, 1.54) is 23.5 Å². The van der Waals surface area contributed by atoms with Crippen molar-refractivity contribution >= 4 is 33.4 Å². The molecular formula is C22H25FN4O2S. The van der Waals surface area contributed by atoms with E-state index in [4.69, 9.17) is 4.98 Å². The van der Waals surface area contributed by atoms with Crippen LogP contribution in [0.2, 0.25) is 0 Å². The van der Waals surface area contributed by atoms with E-state index in [9.17, 15) is 14.0 Å². The first kappa shape index (κ1) is 20.5. The van der Waals surface area contributed by atoms with Crippen molar-refractivity contribution in [1.82, 2.24) is 14.9 Å². The first-order valence-corrected chi connectivity index (χ1v) is 11.2. The Morgan fingerprint density at radius 2 is 2.10 bits per heavy atom. The van der Waals surface area contributed by atoms with E-state index in [1.54, 1.807) is 16.7 Å². The molecule has 0 saturated carbocycles. The van der Waals surface area contributed by atoms with E-state index in [1.807, 2.05) is 23.3 Å². The summed E-state index contributed by atoms with van der Waals surface area (Å²) in [4.78, 5) is 32.6. The van der Waals surface area contributed by atoms with Gasteiger partial charge < -0.3 is 10.2 Å². The summed E-state index contributed by atoms with van der Waals surface area (Å²) in [5.41, 5.74) is 1.39. The maximum atomic E-state index is 13.3. The molecule has 0 radical (unpaired) electrons. The van der Waals surface area contributed by atoms with Gasteiger partial charge in [0.25, 0.3) is 5.56 Å². The average Bonchev–Trinajstić information content (AvgIpc) is 3.24. The third-order valence-corrected chi connectivity index (χ3v) is 6.32. The minimum absolute atomic E-state index is 0.0607. The van der Waals surface area contributed by atoms with Crippen molar-refractivity contribution in [2.75, 3.05) is 24.5 Å². The van der Waals surface area contributed by atoms with Gasteiger partial charge >= 0.3 is 0 Å². The Bertz CT molecular complexity index is 1090. The molecule has 2 aromatic heterocycles. The third-order valence-electron chi connectivity index (χ3n) is 5.42. The largest absolute Gasteiger partial charge is 0.356 e. The Kier molecular flexibility index (Phi) is 6.13. The summed E-state index contributed by atoms with van der Waals surface area (Å²) in [6, 6.07) is 8.00. The summed E-state index contributed by atoms with van der Waals surface area (Å²) < 4.78 is 15.6. The van der Waals surface area contributed by atoms with Crippen molar-refractivity contribution < 1.29 is 9.18 Å². The molecule has 1 aliphatic heterocycles. The molecule has 8 heteroatoms. The van der Waals surface area contributed by atoms with Crippen LogP contribution in [0.1, 0.15) is 31.7 Å². The Hall–Kier alpha value is -2.74. The van der Waals surface area contributed by atoms with Crippen LogP contribution in [0.25, 0.3) is 10.2 Å². The molecule has 0 spiro atoms. The standard InChI is InChI=1S/C22H25FN4O2S/c1-2-10-24-20(28)16-4-3-11-26(14-16)22-25-18-9-12-30-19(18)21(29)27(22)13-15-5-7-17(23)8-6-15/h5-9,12,16H,2-4,10-11,13-14H2,1H3,(H,24,28)/t16-/m0/s1. The quantitative estimate of drug-likeness (QED) is 0.654. The van der Waals surface area contributed by atoms with Gasteiger partial charge in [-0.3, -0.25) is 14.2 Å². The lowest BCUT2D eigenvalue weighted by atomic mass is 9.97. The number of halogens is 1. The lowest BCUT2D eigenvalue weighted by molar-refractivity contribution is -0.125. The summed E-state index contributed by atoms with van der Waals surface area (Å²) in [5.74, 6) is 0.198. The average molecular weight is 429 g/mol. The molecule has 6 nitrogen and oxygen atoms in total. The Morgan fingerprint density at radius 1 is 1.30 bits per heavy atom. The van der Waals surface area contributed by atoms with Gasteiger partial charge in [-0.15, -0.1) is 11.3 Å². The van der Waals surface area contributed by atoms with Gasteiger partial charge in [0, 0.05) is 19.6 Å². The fourth-order valence-corrected chi connectivity index (χ4v) is 4.63. The SMILES string of the molecule is CCCNC(=O)[C@H]1CCCN(c2nc3ccsc3c(=O)n2Cc2ccc(F)cc2)C1. The number of anilines is 1. The first-order valence-electron chi connectivity index (χ1n) is 10.3. The zero-order chi connectivity index (χ0) is 21.1. The van der Waals surface area contributed by atoms with Crippen molar-refractivity contribution in [3.05, 3.63) is 57.4 Å². The summed E-state index contributed by atoms with van der Waals surface area (Å²) >= 11 is 1.37. The molecule has 3 aromatic rings. The molecule has 0 aliphatic carbocycles. The molecule has 3 heterocycles. The third kappa shape index (κ3) is 4.23. The maximum absolute atomic E-state index is 13.3. The van der Waals surface area contributed by atoms with Crippen LogP contribution in [0.5, 0.6) is 0 Å². The topological polar surface area (TPSA) is 67.2 Å². The second-order valence-electron chi connectivity index (χ2n) is 7.64.